The largest absolute Gasteiger partial charge is 0.306 e. The topological polar surface area (TPSA) is 12.0 Å². The fourth-order valence-corrected chi connectivity index (χ4v) is 2.70. The van der Waals surface area contributed by atoms with Crippen LogP contribution in [0.4, 0.5) is 8.78 Å². The summed E-state index contributed by atoms with van der Waals surface area (Å²) in [6, 6.07) is 7.62. The van der Waals surface area contributed by atoms with E-state index < -0.39 is 0 Å². The Morgan fingerprint density at radius 3 is 2.43 bits per heavy atom. The van der Waals surface area contributed by atoms with Crippen LogP contribution in [0.25, 0.3) is 0 Å². The summed E-state index contributed by atoms with van der Waals surface area (Å²) in [5.41, 5.74) is 2.89. The predicted molar refractivity (Wildman–Crippen MR) is 82.8 cm³/mol. The summed E-state index contributed by atoms with van der Waals surface area (Å²) < 4.78 is 27.2. The summed E-state index contributed by atoms with van der Waals surface area (Å²) in [6.07, 6.45) is 0. The van der Waals surface area contributed by atoms with Gasteiger partial charge >= 0.3 is 0 Å². The highest BCUT2D eigenvalue weighted by molar-refractivity contribution is 6.31. The van der Waals surface area contributed by atoms with Crippen LogP contribution in [0, 0.1) is 25.5 Å². The number of halogens is 3. The molecule has 0 spiro atoms. The molecule has 21 heavy (non-hydrogen) atoms. The van der Waals surface area contributed by atoms with Gasteiger partial charge in [-0.1, -0.05) is 24.6 Å². The van der Waals surface area contributed by atoms with Gasteiger partial charge in [-0.25, -0.2) is 8.78 Å². The third-order valence-corrected chi connectivity index (χ3v) is 3.72. The number of nitrogens with one attached hydrogen (secondary N) is 1. The highest BCUT2D eigenvalue weighted by Gasteiger charge is 2.18. The maximum Gasteiger partial charge on any atom is 0.127 e. The third-order valence-electron chi connectivity index (χ3n) is 3.39. The average Bonchev–Trinajstić information content (AvgIpc) is 2.39. The summed E-state index contributed by atoms with van der Waals surface area (Å²) in [6.45, 7) is 6.18. The van der Waals surface area contributed by atoms with Gasteiger partial charge in [0.25, 0.3) is 0 Å². The van der Waals surface area contributed by atoms with Crippen molar-refractivity contribution in [1.29, 1.82) is 0 Å². The zero-order chi connectivity index (χ0) is 15.6. The van der Waals surface area contributed by atoms with Gasteiger partial charge in [0, 0.05) is 5.02 Å². The van der Waals surface area contributed by atoms with Crippen molar-refractivity contribution in [2.75, 3.05) is 6.54 Å². The first-order valence-electron chi connectivity index (χ1n) is 6.88. The van der Waals surface area contributed by atoms with Crippen LogP contribution in [-0.2, 0) is 0 Å². The average molecular weight is 310 g/mol. The third kappa shape index (κ3) is 3.60. The van der Waals surface area contributed by atoms with Gasteiger partial charge in [-0.05, 0) is 66.9 Å². The number of hydrogen-bond acceptors (Lipinski definition) is 1. The molecule has 0 amide bonds. The maximum absolute atomic E-state index is 13.7. The van der Waals surface area contributed by atoms with Crippen molar-refractivity contribution in [2.24, 2.45) is 0 Å². The highest BCUT2D eigenvalue weighted by atomic mass is 35.5. The van der Waals surface area contributed by atoms with Crippen LogP contribution in [0.5, 0.6) is 0 Å². The molecule has 0 saturated carbocycles. The van der Waals surface area contributed by atoms with Gasteiger partial charge in [-0.2, -0.15) is 0 Å². The van der Waals surface area contributed by atoms with E-state index in [0.717, 1.165) is 16.7 Å². The summed E-state index contributed by atoms with van der Waals surface area (Å²) in [7, 11) is 0. The first-order chi connectivity index (χ1) is 9.92. The molecule has 2 rings (SSSR count). The lowest BCUT2D eigenvalue weighted by Gasteiger charge is -2.21. The Morgan fingerprint density at radius 1 is 1.10 bits per heavy atom. The van der Waals surface area contributed by atoms with E-state index in [-0.39, 0.29) is 17.7 Å². The predicted octanol–water partition coefficient (Wildman–Crippen LogP) is 4.93. The van der Waals surface area contributed by atoms with E-state index in [4.69, 9.17) is 11.6 Å². The number of rotatable bonds is 4. The van der Waals surface area contributed by atoms with Crippen molar-refractivity contribution < 1.29 is 8.78 Å². The van der Waals surface area contributed by atoms with Crippen LogP contribution >= 0.6 is 11.6 Å². The molecule has 2 aromatic carbocycles. The standard InChI is InChI=1S/C17H18ClF2N/c1-4-21-17(12-5-10(2)6-13(19)8-12)14-7-11(3)16(20)9-15(14)18/h5-9,17,21H,4H2,1-3H3. The molecule has 4 heteroatoms. The minimum atomic E-state index is -0.338. The quantitative estimate of drug-likeness (QED) is 0.844. The van der Waals surface area contributed by atoms with Crippen LogP contribution in [0.3, 0.4) is 0 Å². The van der Waals surface area contributed by atoms with Gasteiger partial charge in [-0.15, -0.1) is 0 Å². The lowest BCUT2D eigenvalue weighted by Crippen LogP contribution is -2.23. The fourth-order valence-electron chi connectivity index (χ4n) is 2.44. The monoisotopic (exact) mass is 309 g/mol. The van der Waals surface area contributed by atoms with E-state index in [2.05, 4.69) is 5.32 Å². The Kier molecular flexibility index (Phi) is 4.96. The molecular formula is C17H18ClF2N. The smallest absolute Gasteiger partial charge is 0.127 e. The van der Waals surface area contributed by atoms with Gasteiger partial charge in [0.1, 0.15) is 11.6 Å². The van der Waals surface area contributed by atoms with Crippen LogP contribution in [-0.4, -0.2) is 6.54 Å². The van der Waals surface area contributed by atoms with E-state index in [1.54, 1.807) is 13.0 Å². The molecule has 0 aliphatic heterocycles. The molecule has 0 heterocycles. The van der Waals surface area contributed by atoms with Crippen molar-refractivity contribution in [3.63, 3.8) is 0 Å². The molecule has 2 aromatic rings. The molecule has 0 radical (unpaired) electrons. The summed E-state index contributed by atoms with van der Waals surface area (Å²) in [4.78, 5) is 0. The van der Waals surface area contributed by atoms with Crippen molar-refractivity contribution in [1.82, 2.24) is 5.32 Å². The lowest BCUT2D eigenvalue weighted by molar-refractivity contribution is 0.595. The van der Waals surface area contributed by atoms with Gasteiger partial charge in [0.05, 0.1) is 6.04 Å². The minimum Gasteiger partial charge on any atom is -0.306 e. The molecule has 0 fully saturated rings. The first kappa shape index (κ1) is 15.9. The van der Waals surface area contributed by atoms with E-state index in [1.165, 1.54) is 18.2 Å². The normalized spacial score (nSPS) is 12.5. The molecule has 1 N–H and O–H groups in total. The van der Waals surface area contributed by atoms with E-state index in [9.17, 15) is 8.78 Å². The van der Waals surface area contributed by atoms with Crippen molar-refractivity contribution >= 4 is 11.6 Å². The van der Waals surface area contributed by atoms with Crippen molar-refractivity contribution in [3.8, 4) is 0 Å². The number of aryl methyl sites for hydroxylation is 2. The van der Waals surface area contributed by atoms with Crippen molar-refractivity contribution in [3.05, 3.63) is 69.2 Å². The van der Waals surface area contributed by atoms with Crippen LogP contribution < -0.4 is 5.32 Å². The molecule has 1 nitrogen and oxygen atoms in total. The molecule has 0 aliphatic rings. The Hall–Kier alpha value is -1.45. The SMILES string of the molecule is CCNC(c1cc(C)cc(F)c1)c1cc(C)c(F)cc1Cl. The molecule has 0 aromatic heterocycles. The molecule has 0 bridgehead atoms. The first-order valence-corrected chi connectivity index (χ1v) is 7.26. The van der Waals surface area contributed by atoms with Crippen LogP contribution in [0.2, 0.25) is 5.02 Å². The second-order valence-electron chi connectivity index (χ2n) is 5.18. The minimum absolute atomic E-state index is 0.267. The van der Waals surface area contributed by atoms with Crippen LogP contribution in [0.1, 0.15) is 35.2 Å². The summed E-state index contributed by atoms with van der Waals surface area (Å²) in [5, 5.41) is 3.62. The molecule has 112 valence electrons. The second-order valence-corrected chi connectivity index (χ2v) is 5.58. The Morgan fingerprint density at radius 2 is 1.81 bits per heavy atom. The maximum atomic E-state index is 13.7. The van der Waals surface area contributed by atoms with Gasteiger partial charge in [0.2, 0.25) is 0 Å². The Labute approximate surface area is 128 Å². The summed E-state index contributed by atoms with van der Waals surface area (Å²) >= 11 is 6.19. The molecule has 0 aliphatic carbocycles. The van der Waals surface area contributed by atoms with Crippen LogP contribution in [0.15, 0.2) is 30.3 Å². The van der Waals surface area contributed by atoms with Gasteiger partial charge in [0.15, 0.2) is 0 Å². The molecule has 1 unspecified atom stereocenters. The molecule has 0 saturated heterocycles. The fraction of sp³-hybridized carbons (Fsp3) is 0.294. The molecular weight excluding hydrogens is 292 g/mol. The highest BCUT2D eigenvalue weighted by Crippen LogP contribution is 2.31. The van der Waals surface area contributed by atoms with E-state index in [1.807, 2.05) is 19.9 Å². The molecule has 1 atom stereocenters. The van der Waals surface area contributed by atoms with Gasteiger partial charge < -0.3 is 5.32 Å². The number of benzene rings is 2. The zero-order valence-electron chi connectivity index (χ0n) is 12.3. The number of hydrogen-bond donors (Lipinski definition) is 1. The van der Waals surface area contributed by atoms with E-state index in [0.29, 0.717) is 17.1 Å². The van der Waals surface area contributed by atoms with Crippen molar-refractivity contribution in [2.45, 2.75) is 26.8 Å². The second kappa shape index (κ2) is 6.54. The Bertz CT molecular complexity index is 635. The Balaban J connectivity index is 2.55. The summed E-state index contributed by atoms with van der Waals surface area (Å²) in [5.74, 6) is -0.628. The zero-order valence-corrected chi connectivity index (χ0v) is 13.1. The lowest BCUT2D eigenvalue weighted by atomic mass is 9.95. The van der Waals surface area contributed by atoms with E-state index >= 15 is 0 Å². The van der Waals surface area contributed by atoms with Gasteiger partial charge in [-0.3, -0.25) is 0 Å².